The van der Waals surface area contributed by atoms with Gasteiger partial charge >= 0.3 is 0 Å². The van der Waals surface area contributed by atoms with Crippen molar-refractivity contribution in [3.05, 3.63) is 45.5 Å². The Labute approximate surface area is 112 Å². The average Bonchev–Trinajstić information content (AvgIpc) is 2.23. The fourth-order valence-corrected chi connectivity index (χ4v) is 1.30. The average molecular weight is 349 g/mol. The fraction of sp³-hybridized carbons (Fsp3) is 0. The fourth-order valence-electron chi connectivity index (χ4n) is 0.818. The van der Waals surface area contributed by atoms with Crippen LogP contribution in [-0.4, -0.2) is 9.97 Å². The van der Waals surface area contributed by atoms with Crippen LogP contribution in [0.2, 0.25) is 5.02 Å². The first kappa shape index (κ1) is 13.0. The molecule has 0 aliphatic rings. The number of nitrogen functional groups attached to an aromatic ring is 2. The van der Waals surface area contributed by atoms with E-state index in [1.165, 1.54) is 6.20 Å². The zero-order valence-electron chi connectivity index (χ0n) is 8.27. The van der Waals surface area contributed by atoms with Gasteiger partial charge in [0.15, 0.2) is 0 Å². The number of hydrogen-bond acceptors (Lipinski definition) is 4. The minimum atomic E-state index is 0.574. The van der Waals surface area contributed by atoms with Crippen molar-refractivity contribution in [1.82, 2.24) is 9.97 Å². The lowest BCUT2D eigenvalue weighted by Crippen LogP contribution is -1.88. The molecule has 84 valence electrons. The van der Waals surface area contributed by atoms with Crippen molar-refractivity contribution in [3.8, 4) is 0 Å². The molecule has 0 aliphatic heterocycles. The van der Waals surface area contributed by atoms with E-state index >= 15 is 0 Å². The second-order valence-electron chi connectivity index (χ2n) is 2.83. The zero-order valence-corrected chi connectivity index (χ0v) is 11.2. The smallest absolute Gasteiger partial charge is 0.0636 e. The number of rotatable bonds is 0. The highest BCUT2D eigenvalue weighted by Gasteiger charge is 1.87. The third kappa shape index (κ3) is 4.63. The molecule has 2 aromatic heterocycles. The van der Waals surface area contributed by atoms with Crippen LogP contribution in [0.4, 0.5) is 11.4 Å². The summed E-state index contributed by atoms with van der Waals surface area (Å²) in [6.07, 6.45) is 6.45. The summed E-state index contributed by atoms with van der Waals surface area (Å²) < 4.78 is 1.05. The summed E-state index contributed by atoms with van der Waals surface area (Å²) in [6.45, 7) is 0. The molecule has 0 aromatic carbocycles. The van der Waals surface area contributed by atoms with E-state index < -0.39 is 0 Å². The quantitative estimate of drug-likeness (QED) is 0.717. The van der Waals surface area contributed by atoms with Crippen LogP contribution in [0.3, 0.4) is 0 Å². The molecular formula is C10H10ClIN4. The van der Waals surface area contributed by atoms with Gasteiger partial charge < -0.3 is 11.5 Å². The van der Waals surface area contributed by atoms with E-state index in [2.05, 4.69) is 32.6 Å². The second-order valence-corrected chi connectivity index (χ2v) is 4.43. The van der Waals surface area contributed by atoms with Crippen LogP contribution >= 0.6 is 34.2 Å². The largest absolute Gasteiger partial charge is 0.397 e. The zero-order chi connectivity index (χ0) is 12.0. The molecule has 4 N–H and O–H groups in total. The molecule has 0 radical (unpaired) electrons. The van der Waals surface area contributed by atoms with Crippen molar-refractivity contribution >= 4 is 45.6 Å². The molecule has 2 aromatic rings. The van der Waals surface area contributed by atoms with E-state index in [0.717, 1.165) is 9.26 Å². The van der Waals surface area contributed by atoms with Crippen molar-refractivity contribution in [2.75, 3.05) is 11.5 Å². The highest BCUT2D eigenvalue weighted by Crippen LogP contribution is 2.10. The predicted molar refractivity (Wildman–Crippen MR) is 75.0 cm³/mol. The molecule has 0 fully saturated rings. The third-order valence-electron chi connectivity index (χ3n) is 1.52. The van der Waals surface area contributed by atoms with Gasteiger partial charge in [-0.1, -0.05) is 11.6 Å². The number of halogens is 2. The Morgan fingerprint density at radius 2 is 1.88 bits per heavy atom. The van der Waals surface area contributed by atoms with Gasteiger partial charge in [-0.05, 0) is 34.7 Å². The van der Waals surface area contributed by atoms with Crippen LogP contribution in [0, 0.1) is 3.57 Å². The summed E-state index contributed by atoms with van der Waals surface area (Å²) in [5, 5.41) is 0.574. The summed E-state index contributed by atoms with van der Waals surface area (Å²) in [6, 6.07) is 3.52. The molecule has 0 bridgehead atoms. The molecule has 2 rings (SSSR count). The Hall–Kier alpha value is -1.08. The lowest BCUT2D eigenvalue weighted by Gasteiger charge is -1.91. The van der Waals surface area contributed by atoms with E-state index in [1.54, 1.807) is 24.7 Å². The molecule has 6 heteroatoms. The Bertz CT molecular complexity index is 426. The SMILES string of the molecule is Nc1cncc(Cl)c1.Nc1cnccc1I. The molecule has 4 nitrogen and oxygen atoms in total. The number of pyridine rings is 2. The monoisotopic (exact) mass is 348 g/mol. The number of nitrogens with zero attached hydrogens (tertiary/aromatic N) is 2. The summed E-state index contributed by atoms with van der Waals surface area (Å²) in [4.78, 5) is 7.54. The third-order valence-corrected chi connectivity index (χ3v) is 2.71. The van der Waals surface area contributed by atoms with E-state index in [-0.39, 0.29) is 0 Å². The molecule has 0 amide bonds. The van der Waals surface area contributed by atoms with Gasteiger partial charge in [-0.2, -0.15) is 0 Å². The maximum absolute atomic E-state index is 5.50. The minimum Gasteiger partial charge on any atom is -0.397 e. The van der Waals surface area contributed by atoms with Crippen LogP contribution in [0.1, 0.15) is 0 Å². The van der Waals surface area contributed by atoms with Crippen LogP contribution in [0.25, 0.3) is 0 Å². The van der Waals surface area contributed by atoms with Gasteiger partial charge in [0.2, 0.25) is 0 Å². The van der Waals surface area contributed by atoms with E-state index in [1.807, 2.05) is 6.07 Å². The molecule has 0 aliphatic carbocycles. The molecule has 2 heterocycles. The lowest BCUT2D eigenvalue weighted by molar-refractivity contribution is 1.32. The molecular weight excluding hydrogens is 338 g/mol. The summed E-state index contributed by atoms with van der Waals surface area (Å²) in [5.74, 6) is 0. The summed E-state index contributed by atoms with van der Waals surface area (Å²) in [7, 11) is 0. The van der Waals surface area contributed by atoms with Crippen molar-refractivity contribution in [2.45, 2.75) is 0 Å². The molecule has 0 saturated heterocycles. The van der Waals surface area contributed by atoms with Gasteiger partial charge in [0, 0.05) is 22.2 Å². The summed E-state index contributed by atoms with van der Waals surface area (Å²) >= 11 is 7.66. The minimum absolute atomic E-state index is 0.574. The molecule has 0 atom stereocenters. The topological polar surface area (TPSA) is 77.8 Å². The van der Waals surface area contributed by atoms with E-state index in [9.17, 15) is 0 Å². The maximum atomic E-state index is 5.50. The highest BCUT2D eigenvalue weighted by molar-refractivity contribution is 14.1. The molecule has 0 spiro atoms. The van der Waals surface area contributed by atoms with Gasteiger partial charge in [-0.15, -0.1) is 0 Å². The van der Waals surface area contributed by atoms with Gasteiger partial charge in [0.1, 0.15) is 0 Å². The van der Waals surface area contributed by atoms with Crippen LogP contribution < -0.4 is 11.5 Å². The van der Waals surface area contributed by atoms with Gasteiger partial charge in [-0.3, -0.25) is 9.97 Å². The first-order valence-electron chi connectivity index (χ1n) is 4.30. The number of nitrogens with two attached hydrogens (primary N) is 2. The molecule has 16 heavy (non-hydrogen) atoms. The van der Waals surface area contributed by atoms with Crippen molar-refractivity contribution in [1.29, 1.82) is 0 Å². The normalized spacial score (nSPS) is 9.12. The summed E-state index contributed by atoms with van der Waals surface area (Å²) in [5.41, 5.74) is 12.1. The van der Waals surface area contributed by atoms with E-state index in [0.29, 0.717) is 10.7 Å². The number of aromatic nitrogens is 2. The maximum Gasteiger partial charge on any atom is 0.0636 e. The Kier molecular flexibility index (Phi) is 5.27. The van der Waals surface area contributed by atoms with Crippen molar-refractivity contribution < 1.29 is 0 Å². The molecule has 0 unspecified atom stereocenters. The van der Waals surface area contributed by atoms with Crippen LogP contribution in [-0.2, 0) is 0 Å². The number of hydrogen-bond donors (Lipinski definition) is 2. The van der Waals surface area contributed by atoms with Gasteiger partial charge in [0.05, 0.1) is 22.6 Å². The second kappa shape index (κ2) is 6.49. The Morgan fingerprint density at radius 1 is 1.12 bits per heavy atom. The number of anilines is 2. The Balaban J connectivity index is 0.000000160. The van der Waals surface area contributed by atoms with Crippen LogP contribution in [0.15, 0.2) is 36.9 Å². The first-order valence-corrected chi connectivity index (χ1v) is 5.76. The van der Waals surface area contributed by atoms with Crippen molar-refractivity contribution in [3.63, 3.8) is 0 Å². The standard InChI is InChI=1S/C5H5ClN2.C5H5IN2/c6-4-1-5(7)3-8-2-4;6-4-1-2-8-3-5(4)7/h2*1-3H,7H2. The first-order chi connectivity index (χ1) is 7.59. The lowest BCUT2D eigenvalue weighted by atomic mass is 10.4. The Morgan fingerprint density at radius 3 is 2.25 bits per heavy atom. The van der Waals surface area contributed by atoms with E-state index in [4.69, 9.17) is 23.1 Å². The van der Waals surface area contributed by atoms with Crippen molar-refractivity contribution in [2.24, 2.45) is 0 Å². The van der Waals surface area contributed by atoms with Gasteiger partial charge in [0.25, 0.3) is 0 Å². The predicted octanol–water partition coefficient (Wildman–Crippen LogP) is 2.59. The molecule has 0 saturated carbocycles. The van der Waals surface area contributed by atoms with Crippen LogP contribution in [0.5, 0.6) is 0 Å². The van der Waals surface area contributed by atoms with Gasteiger partial charge in [-0.25, -0.2) is 0 Å². The highest BCUT2D eigenvalue weighted by atomic mass is 127.